The molecule has 2 aromatic rings. The SMILES string of the molecule is N=C(N)c1ccc(NCc2ccc(Cl)cc2)cc1. The average molecular weight is 260 g/mol. The summed E-state index contributed by atoms with van der Waals surface area (Å²) in [7, 11) is 0. The van der Waals surface area contributed by atoms with Crippen LogP contribution in [0.1, 0.15) is 11.1 Å². The van der Waals surface area contributed by atoms with E-state index >= 15 is 0 Å². The minimum atomic E-state index is 0.0826. The highest BCUT2D eigenvalue weighted by molar-refractivity contribution is 6.30. The van der Waals surface area contributed by atoms with E-state index in [2.05, 4.69) is 5.32 Å². The van der Waals surface area contributed by atoms with Gasteiger partial charge in [0.15, 0.2) is 0 Å². The molecule has 0 fully saturated rings. The predicted octanol–water partition coefficient (Wildman–Crippen LogP) is 3.24. The van der Waals surface area contributed by atoms with E-state index in [-0.39, 0.29) is 5.84 Å². The molecule has 0 aromatic heterocycles. The first kappa shape index (κ1) is 12.5. The van der Waals surface area contributed by atoms with Crippen LogP contribution < -0.4 is 11.1 Å². The molecule has 2 rings (SSSR count). The maximum absolute atomic E-state index is 7.31. The van der Waals surface area contributed by atoms with E-state index < -0.39 is 0 Å². The Morgan fingerprint density at radius 1 is 1.06 bits per heavy atom. The van der Waals surface area contributed by atoms with Gasteiger partial charge in [-0.15, -0.1) is 0 Å². The summed E-state index contributed by atoms with van der Waals surface area (Å²) in [6.07, 6.45) is 0. The Kier molecular flexibility index (Phi) is 3.85. The summed E-state index contributed by atoms with van der Waals surface area (Å²) in [5.74, 6) is 0.0826. The van der Waals surface area contributed by atoms with Crippen molar-refractivity contribution in [3.8, 4) is 0 Å². The second-order valence-electron chi connectivity index (χ2n) is 3.97. The third kappa shape index (κ3) is 3.25. The van der Waals surface area contributed by atoms with Crippen LogP contribution in [0.3, 0.4) is 0 Å². The Hall–Kier alpha value is -2.00. The number of amidine groups is 1. The number of rotatable bonds is 4. The maximum atomic E-state index is 7.31. The highest BCUT2D eigenvalue weighted by Crippen LogP contribution is 2.13. The quantitative estimate of drug-likeness (QED) is 0.583. The Morgan fingerprint density at radius 3 is 2.22 bits per heavy atom. The fourth-order valence-corrected chi connectivity index (χ4v) is 1.70. The Balaban J connectivity index is 1.97. The lowest BCUT2D eigenvalue weighted by Gasteiger charge is -2.07. The number of hydrogen-bond donors (Lipinski definition) is 3. The molecule has 18 heavy (non-hydrogen) atoms. The van der Waals surface area contributed by atoms with E-state index in [9.17, 15) is 0 Å². The zero-order valence-corrected chi connectivity index (χ0v) is 10.5. The zero-order valence-electron chi connectivity index (χ0n) is 9.78. The maximum Gasteiger partial charge on any atom is 0.122 e. The molecule has 0 aliphatic carbocycles. The van der Waals surface area contributed by atoms with Crippen LogP contribution in [0.4, 0.5) is 5.69 Å². The van der Waals surface area contributed by atoms with Crippen molar-refractivity contribution in [1.29, 1.82) is 5.41 Å². The number of benzene rings is 2. The van der Waals surface area contributed by atoms with Crippen molar-refractivity contribution in [3.63, 3.8) is 0 Å². The van der Waals surface area contributed by atoms with Gasteiger partial charge in [-0.25, -0.2) is 0 Å². The topological polar surface area (TPSA) is 61.9 Å². The fourth-order valence-electron chi connectivity index (χ4n) is 1.57. The van der Waals surface area contributed by atoms with E-state index in [0.29, 0.717) is 0 Å². The van der Waals surface area contributed by atoms with Crippen molar-refractivity contribution in [2.75, 3.05) is 5.32 Å². The molecule has 0 bridgehead atoms. The van der Waals surface area contributed by atoms with E-state index in [1.54, 1.807) is 0 Å². The van der Waals surface area contributed by atoms with Gasteiger partial charge in [-0.2, -0.15) is 0 Å². The van der Waals surface area contributed by atoms with Gasteiger partial charge < -0.3 is 11.1 Å². The van der Waals surface area contributed by atoms with Gasteiger partial charge in [-0.1, -0.05) is 23.7 Å². The van der Waals surface area contributed by atoms with Crippen molar-refractivity contribution in [2.24, 2.45) is 5.73 Å². The summed E-state index contributed by atoms with van der Waals surface area (Å²) in [5, 5.41) is 11.3. The van der Waals surface area contributed by atoms with Crippen molar-refractivity contribution in [3.05, 3.63) is 64.7 Å². The Morgan fingerprint density at radius 2 is 1.67 bits per heavy atom. The number of anilines is 1. The number of halogens is 1. The summed E-state index contributed by atoms with van der Waals surface area (Å²) < 4.78 is 0. The fraction of sp³-hybridized carbons (Fsp3) is 0.0714. The van der Waals surface area contributed by atoms with Crippen LogP contribution in [0.2, 0.25) is 5.02 Å². The lowest BCUT2D eigenvalue weighted by molar-refractivity contribution is 1.15. The number of nitrogen functional groups attached to an aromatic ring is 1. The monoisotopic (exact) mass is 259 g/mol. The van der Waals surface area contributed by atoms with Crippen LogP contribution in [-0.4, -0.2) is 5.84 Å². The van der Waals surface area contributed by atoms with Crippen molar-refractivity contribution >= 4 is 23.1 Å². The normalized spacial score (nSPS) is 10.1. The highest BCUT2D eigenvalue weighted by atomic mass is 35.5. The number of nitrogens with two attached hydrogens (primary N) is 1. The summed E-state index contributed by atoms with van der Waals surface area (Å²) in [6.45, 7) is 0.733. The van der Waals surface area contributed by atoms with Crippen molar-refractivity contribution in [2.45, 2.75) is 6.54 Å². The standard InChI is InChI=1S/C14H14ClN3/c15-12-5-1-10(2-6-12)9-18-13-7-3-11(4-8-13)14(16)17/h1-8,18H,9H2,(H3,16,17). The van der Waals surface area contributed by atoms with Gasteiger partial charge in [-0.3, -0.25) is 5.41 Å². The Bertz CT molecular complexity index is 532. The van der Waals surface area contributed by atoms with E-state index in [1.165, 1.54) is 0 Å². The molecular formula is C14H14ClN3. The van der Waals surface area contributed by atoms with Crippen LogP contribution in [0.25, 0.3) is 0 Å². The molecule has 0 radical (unpaired) electrons. The molecule has 0 saturated heterocycles. The number of nitrogens with one attached hydrogen (secondary N) is 2. The van der Waals surface area contributed by atoms with Gasteiger partial charge in [0.1, 0.15) is 5.84 Å². The Labute approximate surface area is 111 Å². The minimum Gasteiger partial charge on any atom is -0.384 e. The van der Waals surface area contributed by atoms with Crippen molar-refractivity contribution in [1.82, 2.24) is 0 Å². The molecule has 0 unspecified atom stereocenters. The second kappa shape index (κ2) is 5.56. The lowest BCUT2D eigenvalue weighted by atomic mass is 10.2. The first-order valence-corrected chi connectivity index (χ1v) is 5.96. The molecule has 0 amide bonds. The molecule has 0 saturated carbocycles. The third-order valence-corrected chi connectivity index (χ3v) is 2.86. The molecular weight excluding hydrogens is 246 g/mol. The zero-order chi connectivity index (χ0) is 13.0. The van der Waals surface area contributed by atoms with Crippen LogP contribution in [0.15, 0.2) is 48.5 Å². The lowest BCUT2D eigenvalue weighted by Crippen LogP contribution is -2.10. The molecule has 92 valence electrons. The van der Waals surface area contributed by atoms with Crippen LogP contribution in [0, 0.1) is 5.41 Å². The molecule has 2 aromatic carbocycles. The van der Waals surface area contributed by atoms with Gasteiger partial charge in [0.25, 0.3) is 0 Å². The largest absolute Gasteiger partial charge is 0.384 e. The molecule has 0 spiro atoms. The van der Waals surface area contributed by atoms with Gasteiger partial charge in [-0.05, 0) is 42.0 Å². The van der Waals surface area contributed by atoms with Gasteiger partial charge in [0, 0.05) is 22.8 Å². The van der Waals surface area contributed by atoms with Crippen LogP contribution >= 0.6 is 11.6 Å². The minimum absolute atomic E-state index is 0.0826. The van der Waals surface area contributed by atoms with Gasteiger partial charge in [0.2, 0.25) is 0 Å². The average Bonchev–Trinajstić information content (AvgIpc) is 2.38. The first-order valence-electron chi connectivity index (χ1n) is 5.58. The van der Waals surface area contributed by atoms with Gasteiger partial charge in [0.05, 0.1) is 0 Å². The summed E-state index contributed by atoms with van der Waals surface area (Å²) in [5.41, 5.74) is 8.28. The molecule has 4 heteroatoms. The van der Waals surface area contributed by atoms with E-state index in [1.807, 2.05) is 48.5 Å². The summed E-state index contributed by atoms with van der Waals surface area (Å²) in [4.78, 5) is 0. The third-order valence-electron chi connectivity index (χ3n) is 2.61. The smallest absolute Gasteiger partial charge is 0.122 e. The van der Waals surface area contributed by atoms with E-state index in [4.69, 9.17) is 22.7 Å². The molecule has 0 heterocycles. The molecule has 0 aliphatic heterocycles. The molecule has 4 N–H and O–H groups in total. The summed E-state index contributed by atoms with van der Waals surface area (Å²) >= 11 is 5.82. The first-order chi connectivity index (χ1) is 8.65. The second-order valence-corrected chi connectivity index (χ2v) is 4.41. The van der Waals surface area contributed by atoms with Crippen LogP contribution in [-0.2, 0) is 6.54 Å². The molecule has 0 aliphatic rings. The van der Waals surface area contributed by atoms with Gasteiger partial charge >= 0.3 is 0 Å². The van der Waals surface area contributed by atoms with Crippen molar-refractivity contribution < 1.29 is 0 Å². The molecule has 0 atom stereocenters. The summed E-state index contributed by atoms with van der Waals surface area (Å²) in [6, 6.07) is 15.2. The highest BCUT2D eigenvalue weighted by Gasteiger charge is 1.97. The predicted molar refractivity (Wildman–Crippen MR) is 76.2 cm³/mol. The molecule has 3 nitrogen and oxygen atoms in total. The number of hydrogen-bond acceptors (Lipinski definition) is 2. The van der Waals surface area contributed by atoms with Crippen LogP contribution in [0.5, 0.6) is 0 Å². The van der Waals surface area contributed by atoms with E-state index in [0.717, 1.165) is 28.4 Å².